The number of anilines is 1. The fourth-order valence-electron chi connectivity index (χ4n) is 5.03. The van der Waals surface area contributed by atoms with Gasteiger partial charge < -0.3 is 14.5 Å². The molecule has 178 valence electrons. The molecule has 2 heterocycles. The zero-order valence-corrected chi connectivity index (χ0v) is 20.5. The molecule has 4 rings (SSSR count). The van der Waals surface area contributed by atoms with Crippen LogP contribution in [0, 0.1) is 12.8 Å². The highest BCUT2D eigenvalue weighted by Gasteiger charge is 2.28. The lowest BCUT2D eigenvalue weighted by molar-refractivity contribution is 0.0444. The van der Waals surface area contributed by atoms with E-state index in [1.807, 2.05) is 38.4 Å². The number of rotatable bonds is 8. The van der Waals surface area contributed by atoms with Gasteiger partial charge in [0, 0.05) is 51.6 Å². The number of hydrogen-bond acceptors (Lipinski definition) is 4. The van der Waals surface area contributed by atoms with Crippen molar-refractivity contribution in [1.82, 2.24) is 9.80 Å². The summed E-state index contributed by atoms with van der Waals surface area (Å²) in [5, 5.41) is 0. The van der Waals surface area contributed by atoms with Crippen LogP contribution in [0.25, 0.3) is 0 Å². The molecule has 2 saturated heterocycles. The van der Waals surface area contributed by atoms with E-state index in [1.54, 1.807) is 0 Å². The summed E-state index contributed by atoms with van der Waals surface area (Å²) in [7, 11) is 4.04. The second-order valence-electron chi connectivity index (χ2n) is 9.93. The van der Waals surface area contributed by atoms with E-state index in [4.69, 9.17) is 4.74 Å². The third kappa shape index (κ3) is 6.36. The van der Waals surface area contributed by atoms with Crippen LogP contribution in [0.4, 0.5) is 5.69 Å². The molecule has 0 spiro atoms. The molecule has 5 heteroatoms. The summed E-state index contributed by atoms with van der Waals surface area (Å²) in [6.45, 7) is 7.76. The second-order valence-corrected chi connectivity index (χ2v) is 9.93. The van der Waals surface area contributed by atoms with E-state index in [9.17, 15) is 4.79 Å². The van der Waals surface area contributed by atoms with E-state index < -0.39 is 0 Å². The minimum atomic E-state index is 0.137. The van der Waals surface area contributed by atoms with E-state index in [0.717, 1.165) is 69.7 Å². The highest BCUT2D eigenvalue weighted by molar-refractivity contribution is 5.94. The molecule has 0 bridgehead atoms. The van der Waals surface area contributed by atoms with Gasteiger partial charge in [-0.2, -0.15) is 0 Å². The monoisotopic (exact) mass is 449 g/mol. The quantitative estimate of drug-likeness (QED) is 0.590. The molecule has 2 aromatic rings. The molecule has 2 aliphatic heterocycles. The smallest absolute Gasteiger partial charge is 0.253 e. The van der Waals surface area contributed by atoms with Crippen molar-refractivity contribution in [3.05, 3.63) is 65.2 Å². The van der Waals surface area contributed by atoms with Gasteiger partial charge in [-0.15, -0.1) is 0 Å². The Morgan fingerprint density at radius 3 is 2.36 bits per heavy atom. The van der Waals surface area contributed by atoms with E-state index in [1.165, 1.54) is 11.1 Å². The molecule has 0 radical (unpaired) electrons. The van der Waals surface area contributed by atoms with E-state index in [-0.39, 0.29) is 12.0 Å². The summed E-state index contributed by atoms with van der Waals surface area (Å²) in [6.07, 6.45) is 4.61. The summed E-state index contributed by atoms with van der Waals surface area (Å²) in [4.78, 5) is 20.2. The summed E-state index contributed by atoms with van der Waals surface area (Å²) < 4.78 is 5.90. The van der Waals surface area contributed by atoms with Crippen molar-refractivity contribution >= 4 is 11.6 Å². The molecular formula is C28H39N3O2. The zero-order chi connectivity index (χ0) is 23.2. The Morgan fingerprint density at radius 1 is 1.00 bits per heavy atom. The van der Waals surface area contributed by atoms with Crippen molar-refractivity contribution in [1.29, 1.82) is 0 Å². The lowest BCUT2D eigenvalue weighted by Crippen LogP contribution is -2.43. The molecule has 0 N–H and O–H groups in total. The third-order valence-electron chi connectivity index (χ3n) is 7.21. The van der Waals surface area contributed by atoms with Gasteiger partial charge in [0.1, 0.15) is 0 Å². The van der Waals surface area contributed by atoms with Gasteiger partial charge in [-0.05, 0) is 87.0 Å². The van der Waals surface area contributed by atoms with Gasteiger partial charge in [0.05, 0.1) is 6.10 Å². The predicted octanol–water partition coefficient (Wildman–Crippen LogP) is 4.59. The molecule has 0 unspecified atom stereocenters. The number of ether oxygens (including phenoxy) is 1. The van der Waals surface area contributed by atoms with Crippen LogP contribution in [0.3, 0.4) is 0 Å². The summed E-state index contributed by atoms with van der Waals surface area (Å²) in [5.41, 5.74) is 4.68. The molecule has 0 aliphatic carbocycles. The molecule has 33 heavy (non-hydrogen) atoms. The van der Waals surface area contributed by atoms with Crippen LogP contribution in [0.2, 0.25) is 0 Å². The van der Waals surface area contributed by atoms with Gasteiger partial charge in [0.15, 0.2) is 0 Å². The van der Waals surface area contributed by atoms with E-state index in [0.29, 0.717) is 12.5 Å². The highest BCUT2D eigenvalue weighted by Crippen LogP contribution is 2.24. The van der Waals surface area contributed by atoms with Crippen LogP contribution in [0.1, 0.15) is 47.2 Å². The number of piperidine rings is 1. The van der Waals surface area contributed by atoms with Crippen LogP contribution in [0.5, 0.6) is 0 Å². The largest absolute Gasteiger partial charge is 0.378 e. The molecule has 2 fully saturated rings. The van der Waals surface area contributed by atoms with Gasteiger partial charge in [0.25, 0.3) is 5.91 Å². The van der Waals surface area contributed by atoms with Gasteiger partial charge in [-0.1, -0.05) is 24.3 Å². The van der Waals surface area contributed by atoms with Gasteiger partial charge in [-0.25, -0.2) is 0 Å². The minimum absolute atomic E-state index is 0.137. The van der Waals surface area contributed by atoms with E-state index in [2.05, 4.69) is 45.9 Å². The molecule has 2 aliphatic rings. The number of likely N-dealkylation sites (tertiary alicyclic amines) is 1. The highest BCUT2D eigenvalue weighted by atomic mass is 16.5. The maximum atomic E-state index is 13.5. The van der Waals surface area contributed by atoms with Crippen LogP contribution in [-0.2, 0) is 11.3 Å². The van der Waals surface area contributed by atoms with Gasteiger partial charge in [0.2, 0.25) is 0 Å². The Bertz CT molecular complexity index is 898. The standard InChI is InChI=1S/C28H39N3O2/c1-22-7-4-5-8-25(22)20-30-16-14-23(15-17-30)19-31(21-27-9-6-18-33-27)28(32)24-10-12-26(13-11-24)29(2)3/h4-5,7-8,10-13,23,27H,6,9,14-21H2,1-3H3/t27-/m1/s1. The minimum Gasteiger partial charge on any atom is -0.378 e. The first-order chi connectivity index (χ1) is 16.0. The van der Waals surface area contributed by atoms with Crippen LogP contribution in [0.15, 0.2) is 48.5 Å². The van der Waals surface area contributed by atoms with Crippen molar-refractivity contribution in [2.24, 2.45) is 5.92 Å². The van der Waals surface area contributed by atoms with E-state index >= 15 is 0 Å². The second kappa shape index (κ2) is 11.2. The Morgan fingerprint density at radius 2 is 1.73 bits per heavy atom. The van der Waals surface area contributed by atoms with Crippen LogP contribution in [-0.4, -0.2) is 68.7 Å². The van der Waals surface area contributed by atoms with Crippen molar-refractivity contribution in [3.63, 3.8) is 0 Å². The average Bonchev–Trinajstić information content (AvgIpc) is 3.34. The normalized spacial score (nSPS) is 19.5. The number of nitrogens with zero attached hydrogens (tertiary/aromatic N) is 3. The molecule has 0 aromatic heterocycles. The molecule has 2 aromatic carbocycles. The first kappa shape index (κ1) is 23.8. The Hall–Kier alpha value is -2.37. The van der Waals surface area contributed by atoms with Crippen molar-refractivity contribution < 1.29 is 9.53 Å². The fraction of sp³-hybridized carbons (Fsp3) is 0.536. The topological polar surface area (TPSA) is 36.0 Å². The lowest BCUT2D eigenvalue weighted by Gasteiger charge is -2.36. The van der Waals surface area contributed by atoms with Gasteiger partial charge in [-0.3, -0.25) is 9.69 Å². The zero-order valence-electron chi connectivity index (χ0n) is 20.5. The fourth-order valence-corrected chi connectivity index (χ4v) is 5.03. The Kier molecular flexibility index (Phi) is 8.05. The Labute approximate surface area is 199 Å². The van der Waals surface area contributed by atoms with Gasteiger partial charge >= 0.3 is 0 Å². The summed E-state index contributed by atoms with van der Waals surface area (Å²) in [6, 6.07) is 16.7. The number of hydrogen-bond donors (Lipinski definition) is 0. The maximum absolute atomic E-state index is 13.5. The number of amides is 1. The average molecular weight is 450 g/mol. The van der Waals surface area contributed by atoms with Crippen molar-refractivity contribution in [2.45, 2.75) is 45.3 Å². The molecule has 5 nitrogen and oxygen atoms in total. The SMILES string of the molecule is Cc1ccccc1CN1CCC(CN(C[C@H]2CCCO2)C(=O)c2ccc(N(C)C)cc2)CC1. The summed E-state index contributed by atoms with van der Waals surface area (Å²) >= 11 is 0. The lowest BCUT2D eigenvalue weighted by atomic mass is 9.95. The first-order valence-electron chi connectivity index (χ1n) is 12.4. The third-order valence-corrected chi connectivity index (χ3v) is 7.21. The van der Waals surface area contributed by atoms with Crippen molar-refractivity contribution in [2.75, 3.05) is 51.8 Å². The molecular weight excluding hydrogens is 410 g/mol. The van der Waals surface area contributed by atoms with Crippen LogP contribution < -0.4 is 4.90 Å². The number of carbonyl (C=O) groups excluding carboxylic acids is 1. The number of carbonyl (C=O) groups is 1. The number of benzene rings is 2. The van der Waals surface area contributed by atoms with Crippen molar-refractivity contribution in [3.8, 4) is 0 Å². The van der Waals surface area contributed by atoms with Crippen LogP contribution >= 0.6 is 0 Å². The predicted molar refractivity (Wildman–Crippen MR) is 135 cm³/mol. The maximum Gasteiger partial charge on any atom is 0.253 e. The molecule has 1 amide bonds. The Balaban J connectivity index is 1.37. The first-order valence-corrected chi connectivity index (χ1v) is 12.4. The molecule has 0 saturated carbocycles. The molecule has 1 atom stereocenters. The summed E-state index contributed by atoms with van der Waals surface area (Å²) in [5.74, 6) is 0.683. The number of aryl methyl sites for hydroxylation is 1.